The molecule has 0 aliphatic carbocycles. The molecule has 108 valence electrons. The van der Waals surface area contributed by atoms with Gasteiger partial charge in [0.05, 0.1) is 11.4 Å². The molecule has 0 radical (unpaired) electrons. The van der Waals surface area contributed by atoms with E-state index in [-0.39, 0.29) is 5.56 Å². The van der Waals surface area contributed by atoms with Gasteiger partial charge in [0.1, 0.15) is 5.69 Å². The Morgan fingerprint density at radius 2 is 2.05 bits per heavy atom. The van der Waals surface area contributed by atoms with Gasteiger partial charge in [-0.05, 0) is 37.5 Å². The average Bonchev–Trinajstić information content (AvgIpc) is 2.62. The summed E-state index contributed by atoms with van der Waals surface area (Å²) in [6, 6.07) is 7.69. The lowest BCUT2D eigenvalue weighted by atomic mass is 10.1. The molecule has 0 bridgehead atoms. The first-order valence-electron chi connectivity index (χ1n) is 6.81. The van der Waals surface area contributed by atoms with Gasteiger partial charge in [-0.1, -0.05) is 35.8 Å². The van der Waals surface area contributed by atoms with Crippen LogP contribution in [0.2, 0.25) is 0 Å². The molecule has 2 aromatic rings. The van der Waals surface area contributed by atoms with Crippen molar-refractivity contribution in [1.82, 2.24) is 9.36 Å². The van der Waals surface area contributed by atoms with Crippen molar-refractivity contribution in [1.29, 1.82) is 0 Å². The summed E-state index contributed by atoms with van der Waals surface area (Å²) in [4.78, 5) is 12.5. The van der Waals surface area contributed by atoms with Crippen LogP contribution in [0.1, 0.15) is 26.5 Å². The second kappa shape index (κ2) is 5.87. The largest absolute Gasteiger partial charge is 0.393 e. The molecule has 1 aromatic carbocycles. The highest BCUT2D eigenvalue weighted by atomic mass is 79.9. The van der Waals surface area contributed by atoms with E-state index in [1.807, 2.05) is 35.9 Å². The third kappa shape index (κ3) is 2.68. The number of hydrogen-bond donors (Lipinski definition) is 1. The topological polar surface area (TPSA) is 52.9 Å². The van der Waals surface area contributed by atoms with E-state index in [2.05, 4.69) is 29.8 Å². The Balaban J connectivity index is 2.67. The summed E-state index contributed by atoms with van der Waals surface area (Å²) in [5, 5.41) is 0. The Labute approximate surface area is 127 Å². The molecule has 0 atom stereocenters. The number of anilines is 1. The number of nitrogens with zero attached hydrogens (tertiary/aromatic N) is 2. The smallest absolute Gasteiger partial charge is 0.294 e. The monoisotopic (exact) mass is 337 g/mol. The van der Waals surface area contributed by atoms with Crippen LogP contribution in [0.3, 0.4) is 0 Å². The number of rotatable bonds is 4. The number of aromatic nitrogens is 2. The standard InChI is InChI=1S/C15H20BrN3O/c1-4-18-13(8-10(2)3)14(17)15(20)19(18)12-7-5-6-11(16)9-12/h5-7,9-10H,4,8,17H2,1-3H3. The average molecular weight is 338 g/mol. The van der Waals surface area contributed by atoms with Gasteiger partial charge in [-0.25, -0.2) is 4.68 Å². The second-order valence-corrected chi connectivity index (χ2v) is 6.19. The minimum Gasteiger partial charge on any atom is -0.393 e. The van der Waals surface area contributed by atoms with Crippen LogP contribution in [-0.2, 0) is 13.0 Å². The molecule has 1 heterocycles. The molecule has 2 N–H and O–H groups in total. The minimum absolute atomic E-state index is 0.138. The van der Waals surface area contributed by atoms with Crippen molar-refractivity contribution < 1.29 is 0 Å². The lowest BCUT2D eigenvalue weighted by Gasteiger charge is -2.14. The number of nitrogen functional groups attached to an aromatic ring is 1. The normalized spacial score (nSPS) is 11.2. The van der Waals surface area contributed by atoms with Crippen molar-refractivity contribution in [3.8, 4) is 5.69 Å². The zero-order valence-corrected chi connectivity index (χ0v) is 13.6. The van der Waals surface area contributed by atoms with Gasteiger partial charge in [0.25, 0.3) is 5.56 Å². The maximum Gasteiger partial charge on any atom is 0.294 e. The first-order chi connectivity index (χ1) is 9.45. The zero-order chi connectivity index (χ0) is 14.9. The molecule has 1 aromatic heterocycles. The van der Waals surface area contributed by atoms with Gasteiger partial charge in [-0.15, -0.1) is 0 Å². The number of hydrogen-bond acceptors (Lipinski definition) is 2. The van der Waals surface area contributed by atoms with Crippen molar-refractivity contribution >= 4 is 21.6 Å². The van der Waals surface area contributed by atoms with Gasteiger partial charge in [-0.3, -0.25) is 9.48 Å². The molecule has 0 saturated heterocycles. The summed E-state index contributed by atoms with van der Waals surface area (Å²) in [5.41, 5.74) is 8.01. The third-order valence-electron chi connectivity index (χ3n) is 3.24. The first kappa shape index (κ1) is 14.9. The molecule has 0 aliphatic heterocycles. The summed E-state index contributed by atoms with van der Waals surface area (Å²) in [5.74, 6) is 0.452. The molecule has 5 heteroatoms. The molecule has 2 rings (SSSR count). The van der Waals surface area contributed by atoms with Crippen LogP contribution in [0.25, 0.3) is 5.69 Å². The molecule has 0 amide bonds. The van der Waals surface area contributed by atoms with Crippen LogP contribution in [0.5, 0.6) is 0 Å². The summed E-state index contributed by atoms with van der Waals surface area (Å²) < 4.78 is 4.58. The fraction of sp³-hybridized carbons (Fsp3) is 0.400. The zero-order valence-electron chi connectivity index (χ0n) is 12.1. The van der Waals surface area contributed by atoms with Crippen molar-refractivity contribution in [3.63, 3.8) is 0 Å². The lowest BCUT2D eigenvalue weighted by Crippen LogP contribution is -2.22. The van der Waals surface area contributed by atoms with Gasteiger partial charge in [0, 0.05) is 11.0 Å². The van der Waals surface area contributed by atoms with Crippen LogP contribution in [0, 0.1) is 5.92 Å². The number of halogens is 1. The van der Waals surface area contributed by atoms with Crippen LogP contribution in [0.4, 0.5) is 5.69 Å². The van der Waals surface area contributed by atoms with Crippen LogP contribution in [-0.4, -0.2) is 9.36 Å². The van der Waals surface area contributed by atoms with Crippen LogP contribution >= 0.6 is 15.9 Å². The number of nitrogens with two attached hydrogens (primary N) is 1. The van der Waals surface area contributed by atoms with E-state index < -0.39 is 0 Å². The van der Waals surface area contributed by atoms with Gasteiger partial charge >= 0.3 is 0 Å². The maximum absolute atomic E-state index is 12.5. The van der Waals surface area contributed by atoms with Crippen LogP contribution in [0.15, 0.2) is 33.5 Å². The van der Waals surface area contributed by atoms with E-state index in [4.69, 9.17) is 5.73 Å². The second-order valence-electron chi connectivity index (χ2n) is 5.27. The van der Waals surface area contributed by atoms with E-state index in [9.17, 15) is 4.79 Å². The predicted octanol–water partition coefficient (Wildman–Crippen LogP) is 3.20. The molecule has 0 saturated carbocycles. The quantitative estimate of drug-likeness (QED) is 0.931. The van der Waals surface area contributed by atoms with E-state index in [1.54, 1.807) is 4.68 Å². The molecule has 0 aliphatic rings. The van der Waals surface area contributed by atoms with E-state index in [0.29, 0.717) is 18.2 Å². The van der Waals surface area contributed by atoms with Crippen molar-refractivity contribution in [2.75, 3.05) is 5.73 Å². The first-order valence-corrected chi connectivity index (χ1v) is 7.61. The molecule has 0 unspecified atom stereocenters. The van der Waals surface area contributed by atoms with Gasteiger partial charge in [-0.2, -0.15) is 0 Å². The fourth-order valence-corrected chi connectivity index (χ4v) is 2.79. The highest BCUT2D eigenvalue weighted by Crippen LogP contribution is 2.19. The Hall–Kier alpha value is -1.49. The van der Waals surface area contributed by atoms with Gasteiger partial charge in [0.15, 0.2) is 0 Å². The van der Waals surface area contributed by atoms with Crippen molar-refractivity contribution in [2.45, 2.75) is 33.7 Å². The molecule has 20 heavy (non-hydrogen) atoms. The predicted molar refractivity (Wildman–Crippen MR) is 86.4 cm³/mol. The summed E-state index contributed by atoms with van der Waals surface area (Å²) in [6.07, 6.45) is 0.802. The molecule has 0 spiro atoms. The Kier molecular flexibility index (Phi) is 4.38. The van der Waals surface area contributed by atoms with Crippen molar-refractivity contribution in [3.05, 3.63) is 44.8 Å². The van der Waals surface area contributed by atoms with Crippen LogP contribution < -0.4 is 11.3 Å². The summed E-state index contributed by atoms with van der Waals surface area (Å²) in [7, 11) is 0. The highest BCUT2D eigenvalue weighted by molar-refractivity contribution is 9.10. The van der Waals surface area contributed by atoms with Gasteiger partial charge < -0.3 is 5.73 Å². The minimum atomic E-state index is -0.138. The Morgan fingerprint density at radius 1 is 1.35 bits per heavy atom. The lowest BCUT2D eigenvalue weighted by molar-refractivity contribution is 0.519. The van der Waals surface area contributed by atoms with E-state index in [1.165, 1.54) is 0 Å². The number of benzene rings is 1. The molecular weight excluding hydrogens is 318 g/mol. The molecular formula is C15H20BrN3O. The summed E-state index contributed by atoms with van der Waals surface area (Å²) in [6.45, 7) is 6.99. The molecule has 4 nitrogen and oxygen atoms in total. The maximum atomic E-state index is 12.5. The highest BCUT2D eigenvalue weighted by Gasteiger charge is 2.18. The Bertz CT molecular complexity index is 670. The fourth-order valence-electron chi connectivity index (χ4n) is 2.41. The van der Waals surface area contributed by atoms with Crippen molar-refractivity contribution in [2.24, 2.45) is 5.92 Å². The SMILES string of the molecule is CCn1c(CC(C)C)c(N)c(=O)n1-c1cccc(Br)c1. The summed E-state index contributed by atoms with van der Waals surface area (Å²) >= 11 is 3.44. The van der Waals surface area contributed by atoms with E-state index >= 15 is 0 Å². The molecule has 0 fully saturated rings. The third-order valence-corrected chi connectivity index (χ3v) is 3.73. The Morgan fingerprint density at radius 3 is 2.60 bits per heavy atom. The van der Waals surface area contributed by atoms with Gasteiger partial charge in [0.2, 0.25) is 0 Å². The van der Waals surface area contributed by atoms with E-state index in [0.717, 1.165) is 22.3 Å².